The fourth-order valence-corrected chi connectivity index (χ4v) is 3.38. The Labute approximate surface area is 149 Å². The number of amides is 1. The Kier molecular flexibility index (Phi) is 5.94. The van der Waals surface area contributed by atoms with E-state index in [1.54, 1.807) is 6.92 Å². The Bertz CT molecular complexity index is 662. The molecule has 3 rings (SSSR count). The summed E-state index contributed by atoms with van der Waals surface area (Å²) in [5.74, 6) is 0.767. The summed E-state index contributed by atoms with van der Waals surface area (Å²) in [7, 11) is 0. The van der Waals surface area contributed by atoms with Crippen molar-refractivity contribution in [1.29, 1.82) is 0 Å². The van der Waals surface area contributed by atoms with Crippen LogP contribution in [0.25, 0.3) is 0 Å². The largest absolute Gasteiger partial charge is 0.450 e. The zero-order valence-corrected chi connectivity index (χ0v) is 14.8. The third-order valence-corrected chi connectivity index (χ3v) is 4.74. The first-order valence-electron chi connectivity index (χ1n) is 9.07. The molecule has 0 unspecified atom stereocenters. The van der Waals surface area contributed by atoms with Gasteiger partial charge in [-0.1, -0.05) is 30.3 Å². The molecule has 4 heteroatoms. The van der Waals surface area contributed by atoms with Crippen molar-refractivity contribution < 1.29 is 9.53 Å². The van der Waals surface area contributed by atoms with Gasteiger partial charge in [0.05, 0.1) is 6.61 Å². The number of carbonyl (C=O) groups is 1. The number of rotatable bonds is 5. The lowest BCUT2D eigenvalue weighted by molar-refractivity contribution is 0.168. The van der Waals surface area contributed by atoms with Crippen molar-refractivity contribution in [3.05, 3.63) is 60.2 Å². The average Bonchev–Trinajstić information content (AvgIpc) is 2.64. The maximum Gasteiger partial charge on any atom is 0.411 e. The van der Waals surface area contributed by atoms with Crippen LogP contribution >= 0.6 is 0 Å². The molecule has 2 aromatic carbocycles. The van der Waals surface area contributed by atoms with Crippen LogP contribution < -0.4 is 10.2 Å². The zero-order chi connectivity index (χ0) is 17.5. The number of hydrogen-bond acceptors (Lipinski definition) is 3. The molecule has 0 radical (unpaired) electrons. The SMILES string of the molecule is CCOC(=O)Nc1ccc(N2CCC(Cc3ccccc3)CC2)cc1. The van der Waals surface area contributed by atoms with E-state index in [-0.39, 0.29) is 0 Å². The molecule has 0 saturated carbocycles. The van der Waals surface area contributed by atoms with E-state index in [1.807, 2.05) is 12.1 Å². The molecule has 1 aliphatic rings. The monoisotopic (exact) mass is 338 g/mol. The Hall–Kier alpha value is -2.49. The Morgan fingerprint density at radius 3 is 2.40 bits per heavy atom. The third kappa shape index (κ3) is 4.99. The van der Waals surface area contributed by atoms with Crippen LogP contribution in [0.4, 0.5) is 16.2 Å². The van der Waals surface area contributed by atoms with E-state index in [9.17, 15) is 4.79 Å². The first-order chi connectivity index (χ1) is 12.2. The lowest BCUT2D eigenvalue weighted by atomic mass is 9.90. The Morgan fingerprint density at radius 1 is 1.08 bits per heavy atom. The summed E-state index contributed by atoms with van der Waals surface area (Å²) in [6.45, 7) is 4.34. The number of hydrogen-bond donors (Lipinski definition) is 1. The predicted octanol–water partition coefficient (Wildman–Crippen LogP) is 4.71. The van der Waals surface area contributed by atoms with Crippen molar-refractivity contribution in [3.8, 4) is 0 Å². The van der Waals surface area contributed by atoms with Crippen LogP contribution in [-0.4, -0.2) is 25.8 Å². The van der Waals surface area contributed by atoms with Crippen LogP contribution in [0.2, 0.25) is 0 Å². The summed E-state index contributed by atoms with van der Waals surface area (Å²) in [6.07, 6.45) is 3.21. The van der Waals surface area contributed by atoms with E-state index >= 15 is 0 Å². The standard InChI is InChI=1S/C21H26N2O2/c1-2-25-21(24)22-19-8-10-20(11-9-19)23-14-12-18(13-15-23)16-17-6-4-3-5-7-17/h3-11,18H,2,12-16H2,1H3,(H,22,24). The van der Waals surface area contributed by atoms with Gasteiger partial charge in [-0.25, -0.2) is 4.79 Å². The number of piperidine rings is 1. The van der Waals surface area contributed by atoms with Gasteiger partial charge in [0.1, 0.15) is 0 Å². The number of nitrogens with zero attached hydrogens (tertiary/aromatic N) is 1. The van der Waals surface area contributed by atoms with Crippen LogP contribution in [-0.2, 0) is 11.2 Å². The van der Waals surface area contributed by atoms with Gasteiger partial charge in [-0.3, -0.25) is 5.32 Å². The average molecular weight is 338 g/mol. The number of carbonyl (C=O) groups excluding carboxylic acids is 1. The van der Waals surface area contributed by atoms with Crippen molar-refractivity contribution in [3.63, 3.8) is 0 Å². The highest BCUT2D eigenvalue weighted by Gasteiger charge is 2.19. The number of benzene rings is 2. The fraction of sp³-hybridized carbons (Fsp3) is 0.381. The van der Waals surface area contributed by atoms with Gasteiger partial charge < -0.3 is 9.64 Å². The minimum atomic E-state index is -0.406. The quantitative estimate of drug-likeness (QED) is 0.858. The summed E-state index contributed by atoms with van der Waals surface area (Å²) < 4.78 is 4.89. The molecule has 0 atom stereocenters. The molecule has 132 valence electrons. The molecular weight excluding hydrogens is 312 g/mol. The summed E-state index contributed by atoms with van der Waals surface area (Å²) in [5, 5.41) is 2.73. The van der Waals surface area contributed by atoms with Gasteiger partial charge in [0.15, 0.2) is 0 Å². The smallest absolute Gasteiger partial charge is 0.411 e. The summed E-state index contributed by atoms with van der Waals surface area (Å²) in [4.78, 5) is 13.9. The molecule has 1 amide bonds. The molecule has 2 aromatic rings. The Balaban J connectivity index is 1.50. The zero-order valence-electron chi connectivity index (χ0n) is 14.8. The second kappa shape index (κ2) is 8.56. The Morgan fingerprint density at radius 2 is 1.76 bits per heavy atom. The highest BCUT2D eigenvalue weighted by molar-refractivity contribution is 5.84. The highest BCUT2D eigenvalue weighted by atomic mass is 16.5. The van der Waals surface area contributed by atoms with E-state index in [0.717, 1.165) is 24.7 Å². The van der Waals surface area contributed by atoms with Crippen molar-refractivity contribution in [2.75, 3.05) is 29.9 Å². The second-order valence-electron chi connectivity index (χ2n) is 6.51. The minimum Gasteiger partial charge on any atom is -0.450 e. The van der Waals surface area contributed by atoms with E-state index in [4.69, 9.17) is 4.74 Å². The molecule has 0 spiro atoms. The molecule has 1 heterocycles. The molecule has 1 fully saturated rings. The van der Waals surface area contributed by atoms with E-state index in [2.05, 4.69) is 52.7 Å². The first-order valence-corrected chi connectivity index (χ1v) is 9.07. The number of anilines is 2. The molecule has 25 heavy (non-hydrogen) atoms. The van der Waals surface area contributed by atoms with Gasteiger partial charge in [0, 0.05) is 24.5 Å². The van der Waals surface area contributed by atoms with Crippen LogP contribution in [0, 0.1) is 5.92 Å². The number of ether oxygens (including phenoxy) is 1. The lowest BCUT2D eigenvalue weighted by Crippen LogP contribution is -2.34. The van der Waals surface area contributed by atoms with Gasteiger partial charge >= 0.3 is 6.09 Å². The molecule has 0 aromatic heterocycles. The summed E-state index contributed by atoms with van der Waals surface area (Å²) in [6, 6.07) is 18.8. The van der Waals surface area contributed by atoms with E-state index in [1.165, 1.54) is 30.5 Å². The molecule has 4 nitrogen and oxygen atoms in total. The van der Waals surface area contributed by atoms with Gasteiger partial charge in [0.25, 0.3) is 0 Å². The van der Waals surface area contributed by atoms with Crippen LogP contribution in [0.1, 0.15) is 25.3 Å². The second-order valence-corrected chi connectivity index (χ2v) is 6.51. The minimum absolute atomic E-state index is 0.377. The van der Waals surface area contributed by atoms with Crippen molar-refractivity contribution in [1.82, 2.24) is 0 Å². The summed E-state index contributed by atoms with van der Waals surface area (Å²) >= 11 is 0. The van der Waals surface area contributed by atoms with Crippen LogP contribution in [0.15, 0.2) is 54.6 Å². The summed E-state index contributed by atoms with van der Waals surface area (Å²) in [5.41, 5.74) is 3.42. The van der Waals surface area contributed by atoms with E-state index < -0.39 is 6.09 Å². The van der Waals surface area contributed by atoms with Crippen molar-refractivity contribution in [2.24, 2.45) is 5.92 Å². The van der Waals surface area contributed by atoms with Gasteiger partial charge in [-0.2, -0.15) is 0 Å². The number of nitrogens with one attached hydrogen (secondary N) is 1. The van der Waals surface area contributed by atoms with Gasteiger partial charge in [0.2, 0.25) is 0 Å². The first kappa shape index (κ1) is 17.3. The van der Waals surface area contributed by atoms with Crippen molar-refractivity contribution >= 4 is 17.5 Å². The van der Waals surface area contributed by atoms with E-state index in [0.29, 0.717) is 6.61 Å². The normalized spacial score (nSPS) is 15.0. The molecular formula is C21H26N2O2. The van der Waals surface area contributed by atoms with Gasteiger partial charge in [-0.05, 0) is 61.9 Å². The van der Waals surface area contributed by atoms with Crippen molar-refractivity contribution in [2.45, 2.75) is 26.2 Å². The molecule has 1 saturated heterocycles. The molecule has 0 aliphatic carbocycles. The topological polar surface area (TPSA) is 41.6 Å². The highest BCUT2D eigenvalue weighted by Crippen LogP contribution is 2.26. The molecule has 0 bridgehead atoms. The van der Waals surface area contributed by atoms with Crippen LogP contribution in [0.3, 0.4) is 0 Å². The lowest BCUT2D eigenvalue weighted by Gasteiger charge is -2.33. The van der Waals surface area contributed by atoms with Crippen LogP contribution in [0.5, 0.6) is 0 Å². The third-order valence-electron chi connectivity index (χ3n) is 4.74. The fourth-order valence-electron chi connectivity index (χ4n) is 3.38. The molecule has 1 aliphatic heterocycles. The van der Waals surface area contributed by atoms with Gasteiger partial charge in [-0.15, -0.1) is 0 Å². The maximum atomic E-state index is 11.4. The molecule has 1 N–H and O–H groups in total. The predicted molar refractivity (Wildman–Crippen MR) is 102 cm³/mol. The maximum absolute atomic E-state index is 11.4.